The average Bonchev–Trinajstić information content (AvgIpc) is 2.40. The van der Waals surface area contributed by atoms with E-state index in [0.29, 0.717) is 5.56 Å². The second kappa shape index (κ2) is 5.05. The van der Waals surface area contributed by atoms with Crippen LogP contribution in [0, 0.1) is 0 Å². The number of hydrogen-bond acceptors (Lipinski definition) is 1. The number of rotatable bonds is 3. The Labute approximate surface area is 107 Å². The Hall–Kier alpha value is -2.09. The van der Waals surface area contributed by atoms with E-state index in [1.807, 2.05) is 43.3 Å². The maximum Gasteiger partial charge on any atom is 0.197 e. The molecule has 0 aliphatic rings. The van der Waals surface area contributed by atoms with Crippen LogP contribution in [0.4, 0.5) is 0 Å². The molecule has 0 saturated heterocycles. The number of pyridine rings is 1. The largest absolute Gasteiger partial charge is 0.341 e. The summed E-state index contributed by atoms with van der Waals surface area (Å²) in [6.07, 6.45) is 5.56. The van der Waals surface area contributed by atoms with Crippen molar-refractivity contribution in [1.82, 2.24) is 4.57 Å². The molecular formula is C16H17NO. The third kappa shape index (κ3) is 1.80. The lowest BCUT2D eigenvalue weighted by molar-refractivity contribution is 0.777. The summed E-state index contributed by atoms with van der Waals surface area (Å²) in [4.78, 5) is 12.4. The van der Waals surface area contributed by atoms with Crippen LogP contribution < -0.4 is 5.43 Å². The molecule has 0 aliphatic carbocycles. The van der Waals surface area contributed by atoms with E-state index in [2.05, 4.69) is 18.1 Å². The van der Waals surface area contributed by atoms with E-state index in [0.717, 1.165) is 23.1 Å². The summed E-state index contributed by atoms with van der Waals surface area (Å²) in [5, 5.41) is 0.752. The molecule has 2 aromatic rings. The van der Waals surface area contributed by atoms with E-state index in [1.165, 1.54) is 0 Å². The second-order valence-corrected chi connectivity index (χ2v) is 4.09. The van der Waals surface area contributed by atoms with Crippen LogP contribution in [0.1, 0.15) is 25.1 Å². The summed E-state index contributed by atoms with van der Waals surface area (Å²) in [5.41, 5.74) is 2.63. The van der Waals surface area contributed by atoms with Crippen molar-refractivity contribution in [3.05, 3.63) is 58.4 Å². The molecule has 18 heavy (non-hydrogen) atoms. The molecule has 0 spiro atoms. The molecular weight excluding hydrogens is 222 g/mol. The van der Waals surface area contributed by atoms with Crippen molar-refractivity contribution in [2.75, 3.05) is 0 Å². The number of aromatic nitrogens is 1. The van der Waals surface area contributed by atoms with Crippen molar-refractivity contribution in [3.8, 4) is 0 Å². The van der Waals surface area contributed by atoms with Crippen LogP contribution >= 0.6 is 0 Å². The highest BCUT2D eigenvalue weighted by Crippen LogP contribution is 2.18. The molecule has 0 saturated carbocycles. The van der Waals surface area contributed by atoms with Crippen molar-refractivity contribution in [1.29, 1.82) is 0 Å². The number of hydrogen-bond donors (Lipinski definition) is 0. The topological polar surface area (TPSA) is 22.0 Å². The fraction of sp³-hybridized carbons (Fsp3) is 0.188. The number of benzene rings is 1. The van der Waals surface area contributed by atoms with Gasteiger partial charge in [-0.05, 0) is 32.1 Å². The summed E-state index contributed by atoms with van der Waals surface area (Å²) in [7, 11) is 0. The van der Waals surface area contributed by atoms with Gasteiger partial charge in [-0.2, -0.15) is 0 Å². The Balaban J connectivity index is 3.05. The van der Waals surface area contributed by atoms with Gasteiger partial charge in [0.2, 0.25) is 0 Å². The molecule has 92 valence electrons. The molecule has 2 rings (SSSR count). The van der Waals surface area contributed by atoms with Crippen molar-refractivity contribution in [2.24, 2.45) is 0 Å². The fourth-order valence-corrected chi connectivity index (χ4v) is 2.31. The van der Waals surface area contributed by atoms with Crippen LogP contribution in [0.2, 0.25) is 0 Å². The molecule has 1 aromatic carbocycles. The van der Waals surface area contributed by atoms with E-state index in [4.69, 9.17) is 0 Å². The standard InChI is InChI=1S/C16H17NO/c1-4-9-14-12(5-2)16(18)13-10-7-8-11-15(13)17(14)6-3/h4-5,7-11H,2,6H2,1,3H3/b9-4-. The number of nitrogens with zero attached hydrogens (tertiary/aromatic N) is 1. The molecule has 1 aromatic heterocycles. The molecule has 0 atom stereocenters. The summed E-state index contributed by atoms with van der Waals surface area (Å²) >= 11 is 0. The summed E-state index contributed by atoms with van der Waals surface area (Å²) < 4.78 is 2.15. The molecule has 0 radical (unpaired) electrons. The van der Waals surface area contributed by atoms with Crippen molar-refractivity contribution >= 4 is 23.1 Å². The fourth-order valence-electron chi connectivity index (χ4n) is 2.31. The predicted octanol–water partition coefficient (Wildman–Crippen LogP) is 3.70. The lowest BCUT2D eigenvalue weighted by Gasteiger charge is -2.15. The quantitative estimate of drug-likeness (QED) is 0.800. The number of allylic oxidation sites excluding steroid dienone is 1. The minimum Gasteiger partial charge on any atom is -0.341 e. The molecule has 2 nitrogen and oxygen atoms in total. The van der Waals surface area contributed by atoms with Gasteiger partial charge in [0.25, 0.3) is 0 Å². The zero-order valence-corrected chi connectivity index (χ0v) is 10.8. The van der Waals surface area contributed by atoms with Crippen LogP contribution in [-0.4, -0.2) is 4.57 Å². The Morgan fingerprint density at radius 3 is 2.67 bits per heavy atom. The molecule has 0 fully saturated rings. The first kappa shape index (κ1) is 12.4. The molecule has 0 amide bonds. The van der Waals surface area contributed by atoms with Crippen molar-refractivity contribution in [2.45, 2.75) is 20.4 Å². The smallest absolute Gasteiger partial charge is 0.197 e. The Kier molecular flexibility index (Phi) is 3.47. The van der Waals surface area contributed by atoms with Crippen molar-refractivity contribution < 1.29 is 0 Å². The molecule has 2 heteroatoms. The van der Waals surface area contributed by atoms with Crippen LogP contribution in [0.25, 0.3) is 23.1 Å². The van der Waals surface area contributed by atoms with E-state index >= 15 is 0 Å². The summed E-state index contributed by atoms with van der Waals surface area (Å²) in [6, 6.07) is 7.71. The first-order valence-electron chi connectivity index (χ1n) is 6.15. The molecule has 0 unspecified atom stereocenters. The van der Waals surface area contributed by atoms with E-state index in [-0.39, 0.29) is 5.43 Å². The van der Waals surface area contributed by atoms with Gasteiger partial charge in [-0.15, -0.1) is 0 Å². The van der Waals surface area contributed by atoms with Gasteiger partial charge < -0.3 is 4.57 Å². The maximum atomic E-state index is 12.4. The van der Waals surface area contributed by atoms with Gasteiger partial charge in [0.15, 0.2) is 5.43 Å². The van der Waals surface area contributed by atoms with Gasteiger partial charge >= 0.3 is 0 Å². The van der Waals surface area contributed by atoms with Gasteiger partial charge in [-0.1, -0.05) is 30.9 Å². The van der Waals surface area contributed by atoms with Crippen LogP contribution in [-0.2, 0) is 6.54 Å². The normalized spacial score (nSPS) is 11.2. The number of aryl methyl sites for hydroxylation is 1. The monoisotopic (exact) mass is 239 g/mol. The van der Waals surface area contributed by atoms with Gasteiger partial charge in [0.1, 0.15) is 0 Å². The number of fused-ring (bicyclic) bond motifs is 1. The van der Waals surface area contributed by atoms with Crippen molar-refractivity contribution in [3.63, 3.8) is 0 Å². The first-order chi connectivity index (χ1) is 8.74. The zero-order valence-electron chi connectivity index (χ0n) is 10.8. The average molecular weight is 239 g/mol. The zero-order chi connectivity index (χ0) is 13.1. The first-order valence-corrected chi connectivity index (χ1v) is 6.15. The Morgan fingerprint density at radius 1 is 1.33 bits per heavy atom. The van der Waals surface area contributed by atoms with Crippen LogP contribution in [0.15, 0.2) is 41.7 Å². The van der Waals surface area contributed by atoms with Gasteiger partial charge in [-0.25, -0.2) is 0 Å². The van der Waals surface area contributed by atoms with Crippen LogP contribution in [0.3, 0.4) is 0 Å². The van der Waals surface area contributed by atoms with Crippen LogP contribution in [0.5, 0.6) is 0 Å². The predicted molar refractivity (Wildman–Crippen MR) is 78.7 cm³/mol. The maximum absolute atomic E-state index is 12.4. The van der Waals surface area contributed by atoms with E-state index in [9.17, 15) is 4.79 Å². The lowest BCUT2D eigenvalue weighted by Crippen LogP contribution is -2.16. The Bertz CT molecular complexity index is 677. The van der Waals surface area contributed by atoms with Gasteiger partial charge in [0.05, 0.1) is 11.2 Å². The molecule has 0 N–H and O–H groups in total. The van der Waals surface area contributed by atoms with Gasteiger partial charge in [-0.3, -0.25) is 4.79 Å². The number of para-hydroxylation sites is 1. The third-order valence-corrected chi connectivity index (χ3v) is 3.10. The molecule has 0 aliphatic heterocycles. The SMILES string of the molecule is C=Cc1c(/C=C\C)n(CC)c2ccccc2c1=O. The minimum absolute atomic E-state index is 0.0541. The van der Waals surface area contributed by atoms with Gasteiger partial charge in [0, 0.05) is 17.5 Å². The third-order valence-electron chi connectivity index (χ3n) is 3.10. The lowest BCUT2D eigenvalue weighted by atomic mass is 10.1. The highest BCUT2D eigenvalue weighted by Gasteiger charge is 2.11. The highest BCUT2D eigenvalue weighted by atomic mass is 16.1. The highest BCUT2D eigenvalue weighted by molar-refractivity contribution is 5.84. The molecule has 1 heterocycles. The molecule has 0 bridgehead atoms. The minimum atomic E-state index is 0.0541. The summed E-state index contributed by atoms with van der Waals surface area (Å²) in [6.45, 7) is 8.62. The second-order valence-electron chi connectivity index (χ2n) is 4.09. The van der Waals surface area contributed by atoms with E-state index < -0.39 is 0 Å². The Morgan fingerprint density at radius 2 is 2.06 bits per heavy atom. The van der Waals surface area contributed by atoms with E-state index in [1.54, 1.807) is 6.08 Å². The summed E-state index contributed by atoms with van der Waals surface area (Å²) in [5.74, 6) is 0.